The molecule has 7 heteroatoms. The molecule has 0 spiro atoms. The van der Waals surface area contributed by atoms with Crippen LogP contribution >= 0.6 is 11.6 Å². The van der Waals surface area contributed by atoms with E-state index in [4.69, 9.17) is 21.1 Å². The Bertz CT molecular complexity index is 508. The van der Waals surface area contributed by atoms with Crippen molar-refractivity contribution in [2.75, 3.05) is 39.2 Å². The zero-order valence-electron chi connectivity index (χ0n) is 12.3. The summed E-state index contributed by atoms with van der Waals surface area (Å²) in [6, 6.07) is 4.91. The lowest BCUT2D eigenvalue weighted by Crippen LogP contribution is -2.38. The SMILES string of the molecule is COCCN(CC(=O)Nc1cc(Cl)ccc1OC)C(C)=O. The van der Waals surface area contributed by atoms with E-state index >= 15 is 0 Å². The molecule has 0 bridgehead atoms. The number of methoxy groups -OCH3 is 2. The van der Waals surface area contributed by atoms with Crippen LogP contribution in [0.5, 0.6) is 5.75 Å². The Morgan fingerprint density at radius 1 is 1.33 bits per heavy atom. The van der Waals surface area contributed by atoms with Gasteiger partial charge >= 0.3 is 0 Å². The molecular weight excluding hydrogens is 296 g/mol. The topological polar surface area (TPSA) is 67.9 Å². The van der Waals surface area contributed by atoms with Gasteiger partial charge in [0.05, 0.1) is 25.9 Å². The van der Waals surface area contributed by atoms with Crippen molar-refractivity contribution in [3.8, 4) is 5.75 Å². The van der Waals surface area contributed by atoms with Crippen LogP contribution in [-0.4, -0.2) is 50.6 Å². The van der Waals surface area contributed by atoms with Crippen molar-refractivity contribution >= 4 is 29.1 Å². The van der Waals surface area contributed by atoms with Crippen LogP contribution in [0.1, 0.15) is 6.92 Å². The maximum absolute atomic E-state index is 12.0. The molecule has 0 radical (unpaired) electrons. The largest absolute Gasteiger partial charge is 0.495 e. The van der Waals surface area contributed by atoms with Gasteiger partial charge in [-0.15, -0.1) is 0 Å². The first-order valence-corrected chi connectivity index (χ1v) is 6.73. The van der Waals surface area contributed by atoms with Gasteiger partial charge in [0.25, 0.3) is 0 Å². The third-order valence-corrected chi connectivity index (χ3v) is 3.02. The van der Waals surface area contributed by atoms with E-state index in [0.717, 1.165) is 0 Å². The Hall–Kier alpha value is -1.79. The second-order valence-corrected chi connectivity index (χ2v) is 4.76. The molecule has 2 amide bonds. The summed E-state index contributed by atoms with van der Waals surface area (Å²) < 4.78 is 10.1. The van der Waals surface area contributed by atoms with Crippen LogP contribution < -0.4 is 10.1 Å². The normalized spacial score (nSPS) is 10.1. The number of nitrogens with zero attached hydrogens (tertiary/aromatic N) is 1. The predicted molar refractivity (Wildman–Crippen MR) is 80.8 cm³/mol. The zero-order valence-corrected chi connectivity index (χ0v) is 13.1. The molecule has 21 heavy (non-hydrogen) atoms. The molecule has 0 fully saturated rings. The number of ether oxygens (including phenoxy) is 2. The van der Waals surface area contributed by atoms with Gasteiger partial charge in [-0.25, -0.2) is 0 Å². The zero-order chi connectivity index (χ0) is 15.8. The number of nitrogens with one attached hydrogen (secondary N) is 1. The number of carbonyl (C=O) groups excluding carboxylic acids is 2. The van der Waals surface area contributed by atoms with Gasteiger partial charge in [0.2, 0.25) is 11.8 Å². The molecule has 1 rings (SSSR count). The van der Waals surface area contributed by atoms with E-state index in [1.54, 1.807) is 18.2 Å². The number of rotatable bonds is 7. The van der Waals surface area contributed by atoms with Crippen LogP contribution in [0.2, 0.25) is 5.02 Å². The molecule has 6 nitrogen and oxygen atoms in total. The molecule has 0 aliphatic carbocycles. The summed E-state index contributed by atoms with van der Waals surface area (Å²) in [5.41, 5.74) is 0.463. The van der Waals surface area contributed by atoms with Gasteiger partial charge in [0, 0.05) is 25.6 Å². The Kier molecular flexibility index (Phi) is 6.98. The minimum Gasteiger partial charge on any atom is -0.495 e. The molecule has 0 aliphatic heterocycles. The number of halogens is 1. The fourth-order valence-electron chi connectivity index (χ4n) is 1.69. The number of hydrogen-bond donors (Lipinski definition) is 1. The summed E-state index contributed by atoms with van der Waals surface area (Å²) in [7, 11) is 3.04. The Morgan fingerprint density at radius 2 is 2.05 bits per heavy atom. The molecule has 0 heterocycles. The standard InChI is InChI=1S/C14H19ClN2O4/c1-10(18)17(6-7-20-2)9-14(19)16-12-8-11(15)4-5-13(12)21-3/h4-5,8H,6-7,9H2,1-3H3,(H,16,19). The molecule has 1 aromatic rings. The highest BCUT2D eigenvalue weighted by molar-refractivity contribution is 6.31. The van der Waals surface area contributed by atoms with E-state index in [0.29, 0.717) is 29.6 Å². The van der Waals surface area contributed by atoms with Crippen LogP contribution in [0.25, 0.3) is 0 Å². The smallest absolute Gasteiger partial charge is 0.244 e. The highest BCUT2D eigenvalue weighted by Gasteiger charge is 2.15. The molecule has 116 valence electrons. The summed E-state index contributed by atoms with van der Waals surface area (Å²) in [6.45, 7) is 2.07. The third kappa shape index (κ3) is 5.61. The maximum Gasteiger partial charge on any atom is 0.244 e. The van der Waals surface area contributed by atoms with Crippen molar-refractivity contribution < 1.29 is 19.1 Å². The summed E-state index contributed by atoms with van der Waals surface area (Å²) in [6.07, 6.45) is 0. The van der Waals surface area contributed by atoms with E-state index in [9.17, 15) is 9.59 Å². The van der Waals surface area contributed by atoms with Crippen molar-refractivity contribution in [2.24, 2.45) is 0 Å². The lowest BCUT2D eigenvalue weighted by atomic mass is 10.3. The molecule has 0 atom stereocenters. The van der Waals surface area contributed by atoms with Gasteiger partial charge < -0.3 is 19.7 Å². The first-order chi connectivity index (χ1) is 9.97. The van der Waals surface area contributed by atoms with Crippen LogP contribution in [0.3, 0.4) is 0 Å². The molecule has 0 aliphatic rings. The van der Waals surface area contributed by atoms with Gasteiger partial charge in [-0.1, -0.05) is 11.6 Å². The fourth-order valence-corrected chi connectivity index (χ4v) is 1.86. The van der Waals surface area contributed by atoms with Gasteiger partial charge in [0.1, 0.15) is 5.75 Å². The maximum atomic E-state index is 12.0. The lowest BCUT2D eigenvalue weighted by molar-refractivity contribution is -0.133. The van der Waals surface area contributed by atoms with Crippen molar-refractivity contribution in [3.63, 3.8) is 0 Å². The minimum absolute atomic E-state index is 0.0611. The van der Waals surface area contributed by atoms with E-state index in [1.807, 2.05) is 0 Å². The molecular formula is C14H19ClN2O4. The summed E-state index contributed by atoms with van der Waals surface area (Å²) in [5, 5.41) is 3.16. The molecule has 0 saturated carbocycles. The average molecular weight is 315 g/mol. The molecule has 1 aromatic carbocycles. The summed E-state index contributed by atoms with van der Waals surface area (Å²) in [5.74, 6) is -0.0267. The first kappa shape index (κ1) is 17.3. The van der Waals surface area contributed by atoms with Crippen LogP contribution in [-0.2, 0) is 14.3 Å². The Labute approximate surface area is 129 Å². The average Bonchev–Trinajstić information content (AvgIpc) is 2.43. The fraction of sp³-hybridized carbons (Fsp3) is 0.429. The van der Waals surface area contributed by atoms with Gasteiger partial charge in [-0.2, -0.15) is 0 Å². The number of hydrogen-bond acceptors (Lipinski definition) is 4. The molecule has 0 aromatic heterocycles. The monoisotopic (exact) mass is 314 g/mol. The predicted octanol–water partition coefficient (Wildman–Crippen LogP) is 1.78. The molecule has 1 N–H and O–H groups in total. The minimum atomic E-state index is -0.332. The number of carbonyl (C=O) groups is 2. The van der Waals surface area contributed by atoms with Crippen molar-refractivity contribution in [2.45, 2.75) is 6.92 Å². The molecule has 0 saturated heterocycles. The highest BCUT2D eigenvalue weighted by atomic mass is 35.5. The van der Waals surface area contributed by atoms with Gasteiger partial charge in [-0.3, -0.25) is 9.59 Å². The van der Waals surface area contributed by atoms with Gasteiger partial charge in [-0.05, 0) is 18.2 Å². The number of amides is 2. The van der Waals surface area contributed by atoms with Crippen molar-refractivity contribution in [1.29, 1.82) is 0 Å². The second-order valence-electron chi connectivity index (χ2n) is 4.33. The van der Waals surface area contributed by atoms with E-state index < -0.39 is 0 Å². The summed E-state index contributed by atoms with van der Waals surface area (Å²) in [4.78, 5) is 24.9. The second kappa shape index (κ2) is 8.49. The third-order valence-electron chi connectivity index (χ3n) is 2.78. The Morgan fingerprint density at radius 3 is 2.62 bits per heavy atom. The summed E-state index contributed by atoms with van der Waals surface area (Å²) >= 11 is 5.89. The molecule has 0 unspecified atom stereocenters. The van der Waals surface area contributed by atoms with Crippen molar-refractivity contribution in [3.05, 3.63) is 23.2 Å². The van der Waals surface area contributed by atoms with Crippen LogP contribution in [0, 0.1) is 0 Å². The number of anilines is 1. The quantitative estimate of drug-likeness (QED) is 0.833. The Balaban J connectivity index is 2.71. The van der Waals surface area contributed by atoms with Crippen LogP contribution in [0.4, 0.5) is 5.69 Å². The number of benzene rings is 1. The van der Waals surface area contributed by atoms with Crippen LogP contribution in [0.15, 0.2) is 18.2 Å². The van der Waals surface area contributed by atoms with E-state index in [2.05, 4.69) is 5.32 Å². The van der Waals surface area contributed by atoms with Gasteiger partial charge in [0.15, 0.2) is 0 Å². The first-order valence-electron chi connectivity index (χ1n) is 6.35. The van der Waals surface area contributed by atoms with Crippen molar-refractivity contribution in [1.82, 2.24) is 4.90 Å². The lowest BCUT2D eigenvalue weighted by Gasteiger charge is -2.20. The van der Waals surface area contributed by atoms with E-state index in [1.165, 1.54) is 26.0 Å². The highest BCUT2D eigenvalue weighted by Crippen LogP contribution is 2.27. The van der Waals surface area contributed by atoms with E-state index in [-0.39, 0.29) is 18.4 Å².